The number of fused-ring (bicyclic) bond motifs is 2. The molecule has 0 saturated carbocycles. The standard InChI is InChI=1S/C16H13N5/c17-15(13-9-20-21-8-7-18-10-14(13)21)12-5-1-3-11-4-2-6-19-16(11)12/h1-10,15H,17H2. The minimum Gasteiger partial charge on any atom is -0.320 e. The third kappa shape index (κ3) is 1.86. The zero-order valence-corrected chi connectivity index (χ0v) is 11.2. The van der Waals surface area contributed by atoms with Gasteiger partial charge in [-0.15, -0.1) is 0 Å². The number of hydrogen-bond donors (Lipinski definition) is 1. The number of hydrogen-bond acceptors (Lipinski definition) is 4. The third-order valence-electron chi connectivity index (χ3n) is 3.69. The molecule has 4 rings (SSSR count). The fourth-order valence-corrected chi connectivity index (χ4v) is 2.64. The molecule has 4 aromatic rings. The maximum absolute atomic E-state index is 6.47. The van der Waals surface area contributed by atoms with Gasteiger partial charge < -0.3 is 5.73 Å². The Morgan fingerprint density at radius 3 is 2.86 bits per heavy atom. The fourth-order valence-electron chi connectivity index (χ4n) is 2.64. The number of benzene rings is 1. The van der Waals surface area contributed by atoms with E-state index in [1.165, 1.54) is 0 Å². The van der Waals surface area contributed by atoms with E-state index >= 15 is 0 Å². The van der Waals surface area contributed by atoms with E-state index in [-0.39, 0.29) is 6.04 Å². The van der Waals surface area contributed by atoms with Crippen LogP contribution in [0.5, 0.6) is 0 Å². The lowest BCUT2D eigenvalue weighted by Crippen LogP contribution is -2.12. The molecule has 102 valence electrons. The SMILES string of the molecule is NC(c1cccc2cccnc12)c1cnn2ccncc12. The topological polar surface area (TPSA) is 69.1 Å². The monoisotopic (exact) mass is 275 g/mol. The van der Waals surface area contributed by atoms with Gasteiger partial charge in [-0.05, 0) is 11.6 Å². The molecule has 0 aliphatic carbocycles. The number of aromatic nitrogens is 4. The zero-order chi connectivity index (χ0) is 14.2. The summed E-state index contributed by atoms with van der Waals surface area (Å²) in [4.78, 5) is 8.62. The first-order valence-electron chi connectivity index (χ1n) is 6.71. The van der Waals surface area contributed by atoms with E-state index in [0.29, 0.717) is 0 Å². The molecule has 5 heteroatoms. The quantitative estimate of drug-likeness (QED) is 0.609. The van der Waals surface area contributed by atoms with E-state index < -0.39 is 0 Å². The number of nitrogens with zero attached hydrogens (tertiary/aromatic N) is 4. The summed E-state index contributed by atoms with van der Waals surface area (Å²) in [6.07, 6.45) is 8.88. The molecule has 2 N–H and O–H groups in total. The first-order valence-corrected chi connectivity index (χ1v) is 6.71. The van der Waals surface area contributed by atoms with Gasteiger partial charge in [0.15, 0.2) is 0 Å². The maximum atomic E-state index is 6.47. The van der Waals surface area contributed by atoms with Gasteiger partial charge in [0.2, 0.25) is 0 Å². The van der Waals surface area contributed by atoms with E-state index in [4.69, 9.17) is 5.73 Å². The van der Waals surface area contributed by atoms with Gasteiger partial charge in [0.1, 0.15) is 0 Å². The summed E-state index contributed by atoms with van der Waals surface area (Å²) in [6.45, 7) is 0. The second-order valence-electron chi connectivity index (χ2n) is 4.91. The van der Waals surface area contributed by atoms with Crippen LogP contribution in [0.4, 0.5) is 0 Å². The van der Waals surface area contributed by atoms with Crippen LogP contribution in [-0.2, 0) is 0 Å². The van der Waals surface area contributed by atoms with Crippen LogP contribution in [0.3, 0.4) is 0 Å². The summed E-state index contributed by atoms with van der Waals surface area (Å²) < 4.78 is 1.78. The molecule has 3 heterocycles. The molecule has 1 aromatic carbocycles. The van der Waals surface area contributed by atoms with Crippen molar-refractivity contribution >= 4 is 16.4 Å². The molecule has 0 radical (unpaired) electrons. The summed E-state index contributed by atoms with van der Waals surface area (Å²) in [5.74, 6) is 0. The minimum atomic E-state index is -0.287. The van der Waals surface area contributed by atoms with Gasteiger partial charge in [0.25, 0.3) is 0 Å². The van der Waals surface area contributed by atoms with Gasteiger partial charge in [-0.3, -0.25) is 9.97 Å². The predicted molar refractivity (Wildman–Crippen MR) is 80.8 cm³/mol. The molecular weight excluding hydrogens is 262 g/mol. The molecule has 0 fully saturated rings. The van der Waals surface area contributed by atoms with Crippen LogP contribution in [0.2, 0.25) is 0 Å². The molecular formula is C16H13N5. The minimum absolute atomic E-state index is 0.287. The number of para-hydroxylation sites is 1. The van der Waals surface area contributed by atoms with Crippen molar-refractivity contribution < 1.29 is 0 Å². The maximum Gasteiger partial charge on any atom is 0.0896 e. The summed E-state index contributed by atoms with van der Waals surface area (Å²) in [7, 11) is 0. The molecule has 21 heavy (non-hydrogen) atoms. The van der Waals surface area contributed by atoms with Crippen molar-refractivity contribution in [1.29, 1.82) is 0 Å². The molecule has 1 atom stereocenters. The lowest BCUT2D eigenvalue weighted by atomic mass is 9.98. The Hall–Kier alpha value is -2.79. The van der Waals surface area contributed by atoms with Crippen molar-refractivity contribution in [2.24, 2.45) is 5.73 Å². The van der Waals surface area contributed by atoms with Crippen LogP contribution < -0.4 is 5.73 Å². The second kappa shape index (κ2) is 4.64. The van der Waals surface area contributed by atoms with Crippen LogP contribution in [0.25, 0.3) is 16.4 Å². The highest BCUT2D eigenvalue weighted by atomic mass is 15.2. The molecule has 0 spiro atoms. The summed E-state index contributed by atoms with van der Waals surface area (Å²) in [5.41, 5.74) is 10.3. The summed E-state index contributed by atoms with van der Waals surface area (Å²) in [5, 5.41) is 5.40. The van der Waals surface area contributed by atoms with Crippen molar-refractivity contribution in [3.05, 3.63) is 72.4 Å². The second-order valence-corrected chi connectivity index (χ2v) is 4.91. The van der Waals surface area contributed by atoms with Gasteiger partial charge >= 0.3 is 0 Å². The van der Waals surface area contributed by atoms with Crippen molar-refractivity contribution in [2.45, 2.75) is 6.04 Å². The van der Waals surface area contributed by atoms with Crippen LogP contribution in [0, 0.1) is 0 Å². The summed E-state index contributed by atoms with van der Waals surface area (Å²) >= 11 is 0. The molecule has 0 bridgehead atoms. The molecule has 1 unspecified atom stereocenters. The van der Waals surface area contributed by atoms with Crippen LogP contribution in [0.15, 0.2) is 61.3 Å². The number of nitrogens with two attached hydrogens (primary N) is 1. The van der Waals surface area contributed by atoms with Crippen molar-refractivity contribution in [3.63, 3.8) is 0 Å². The Labute approximate surface area is 121 Å². The normalized spacial score (nSPS) is 12.8. The average molecular weight is 275 g/mol. The Kier molecular flexibility index (Phi) is 2.65. The Morgan fingerprint density at radius 1 is 1.00 bits per heavy atom. The lowest BCUT2D eigenvalue weighted by molar-refractivity contribution is 0.885. The molecule has 0 aliphatic rings. The van der Waals surface area contributed by atoms with Crippen LogP contribution in [0.1, 0.15) is 17.2 Å². The molecule has 5 nitrogen and oxygen atoms in total. The Bertz CT molecular complexity index is 923. The van der Waals surface area contributed by atoms with E-state index in [9.17, 15) is 0 Å². The Morgan fingerprint density at radius 2 is 1.90 bits per heavy atom. The highest BCUT2D eigenvalue weighted by Gasteiger charge is 2.17. The molecule has 3 aromatic heterocycles. The number of pyridine rings is 1. The Balaban J connectivity index is 1.92. The first-order chi connectivity index (χ1) is 10.3. The summed E-state index contributed by atoms with van der Waals surface area (Å²) in [6, 6.07) is 9.73. The molecule has 0 amide bonds. The van der Waals surface area contributed by atoms with E-state index in [2.05, 4.69) is 15.1 Å². The largest absolute Gasteiger partial charge is 0.320 e. The zero-order valence-electron chi connectivity index (χ0n) is 11.2. The molecule has 0 aliphatic heterocycles. The van der Waals surface area contributed by atoms with Gasteiger partial charge in [-0.1, -0.05) is 24.3 Å². The van der Waals surface area contributed by atoms with Crippen LogP contribution in [-0.4, -0.2) is 19.6 Å². The van der Waals surface area contributed by atoms with E-state index in [1.54, 1.807) is 29.3 Å². The van der Waals surface area contributed by atoms with Crippen molar-refractivity contribution in [3.8, 4) is 0 Å². The van der Waals surface area contributed by atoms with Gasteiger partial charge in [0.05, 0.1) is 29.5 Å². The average Bonchev–Trinajstić information content (AvgIpc) is 2.98. The van der Waals surface area contributed by atoms with Gasteiger partial charge in [0, 0.05) is 29.5 Å². The van der Waals surface area contributed by atoms with E-state index in [0.717, 1.165) is 27.5 Å². The molecule has 0 saturated heterocycles. The first kappa shape index (κ1) is 12.0. The fraction of sp³-hybridized carbons (Fsp3) is 0.0625. The predicted octanol–water partition coefficient (Wildman–Crippen LogP) is 2.33. The van der Waals surface area contributed by atoms with E-state index in [1.807, 2.05) is 36.5 Å². The van der Waals surface area contributed by atoms with Gasteiger partial charge in [-0.25, -0.2) is 4.52 Å². The van der Waals surface area contributed by atoms with Crippen LogP contribution >= 0.6 is 0 Å². The van der Waals surface area contributed by atoms with Gasteiger partial charge in [-0.2, -0.15) is 5.10 Å². The smallest absolute Gasteiger partial charge is 0.0896 e. The lowest BCUT2D eigenvalue weighted by Gasteiger charge is -2.13. The third-order valence-corrected chi connectivity index (χ3v) is 3.69. The van der Waals surface area contributed by atoms with Crippen molar-refractivity contribution in [2.75, 3.05) is 0 Å². The highest BCUT2D eigenvalue weighted by Crippen LogP contribution is 2.27. The number of rotatable bonds is 2. The van der Waals surface area contributed by atoms with Crippen molar-refractivity contribution in [1.82, 2.24) is 19.6 Å². The highest BCUT2D eigenvalue weighted by molar-refractivity contribution is 5.82.